The Morgan fingerprint density at radius 3 is 2.43 bits per heavy atom. The van der Waals surface area contributed by atoms with Crippen molar-refractivity contribution < 1.29 is 29.6 Å². The number of carboxylic acid groups (broad SMARTS) is 1. The van der Waals surface area contributed by atoms with E-state index in [4.69, 9.17) is 14.6 Å². The number of hydrogen-bond donors (Lipinski definition) is 3. The van der Waals surface area contributed by atoms with Gasteiger partial charge in [-0.05, 0) is 17.7 Å². The molecule has 6 nitrogen and oxygen atoms in total. The summed E-state index contributed by atoms with van der Waals surface area (Å²) < 4.78 is 10.8. The van der Waals surface area contributed by atoms with E-state index in [0.717, 1.165) is 5.56 Å². The van der Waals surface area contributed by atoms with Crippen LogP contribution in [0.5, 0.6) is 11.5 Å². The first kappa shape index (κ1) is 16.8. The maximum absolute atomic E-state index is 11.5. The molecule has 0 fully saturated rings. The van der Waals surface area contributed by atoms with Crippen LogP contribution in [-0.4, -0.2) is 47.7 Å². The Balaban J connectivity index is 2.59. The largest absolute Gasteiger partial charge is 0.496 e. The minimum absolute atomic E-state index is 0.0465. The van der Waals surface area contributed by atoms with Gasteiger partial charge in [-0.2, -0.15) is 0 Å². The molecule has 0 radical (unpaired) electrons. The molecule has 2 aromatic carbocycles. The topological polar surface area (TPSA) is 96.2 Å². The van der Waals surface area contributed by atoms with E-state index in [1.54, 1.807) is 18.2 Å². The van der Waals surface area contributed by atoms with E-state index in [9.17, 15) is 15.0 Å². The fourth-order valence-corrected chi connectivity index (χ4v) is 2.16. The summed E-state index contributed by atoms with van der Waals surface area (Å²) >= 11 is 0. The van der Waals surface area contributed by atoms with Gasteiger partial charge in [0.15, 0.2) is 0 Å². The predicted octanol–water partition coefficient (Wildman–Crippen LogP) is 1.79. The molecule has 6 heteroatoms. The predicted molar refractivity (Wildman–Crippen MR) is 84.0 cm³/mol. The van der Waals surface area contributed by atoms with Crippen LogP contribution in [0.25, 0.3) is 11.1 Å². The number of rotatable bonds is 7. The van der Waals surface area contributed by atoms with Gasteiger partial charge in [0.2, 0.25) is 0 Å². The molecule has 0 bridgehead atoms. The lowest BCUT2D eigenvalue weighted by molar-refractivity contribution is 0.0520. The van der Waals surface area contributed by atoms with E-state index in [2.05, 4.69) is 0 Å². The normalized spacial score (nSPS) is 11.8. The third-order valence-electron chi connectivity index (χ3n) is 3.26. The molecule has 1 atom stereocenters. The average molecular weight is 318 g/mol. The number of methoxy groups -OCH3 is 1. The van der Waals surface area contributed by atoms with Crippen LogP contribution in [0.2, 0.25) is 0 Å². The van der Waals surface area contributed by atoms with Crippen LogP contribution < -0.4 is 9.47 Å². The number of hydrogen-bond acceptors (Lipinski definition) is 5. The molecule has 0 aliphatic rings. The van der Waals surface area contributed by atoms with Crippen LogP contribution in [0, 0.1) is 0 Å². The lowest BCUT2D eigenvalue weighted by Crippen LogP contribution is -2.22. The van der Waals surface area contributed by atoms with Gasteiger partial charge in [-0.25, -0.2) is 4.79 Å². The lowest BCUT2D eigenvalue weighted by Gasteiger charge is -2.18. The van der Waals surface area contributed by atoms with E-state index in [1.165, 1.54) is 13.2 Å². The fraction of sp³-hybridized carbons (Fsp3) is 0.235. The van der Waals surface area contributed by atoms with Crippen molar-refractivity contribution in [2.75, 3.05) is 20.3 Å². The van der Waals surface area contributed by atoms with E-state index < -0.39 is 18.7 Å². The van der Waals surface area contributed by atoms with Gasteiger partial charge in [-0.15, -0.1) is 0 Å². The Labute approximate surface area is 133 Å². The first-order valence-electron chi connectivity index (χ1n) is 7.00. The summed E-state index contributed by atoms with van der Waals surface area (Å²) in [5, 5.41) is 27.8. The maximum atomic E-state index is 11.5. The van der Waals surface area contributed by atoms with Gasteiger partial charge in [0.25, 0.3) is 0 Å². The van der Waals surface area contributed by atoms with Crippen molar-refractivity contribution in [3.05, 3.63) is 48.0 Å². The van der Waals surface area contributed by atoms with Crippen LogP contribution in [0.15, 0.2) is 42.5 Å². The van der Waals surface area contributed by atoms with Crippen LogP contribution in [0.4, 0.5) is 0 Å². The molecule has 1 unspecified atom stereocenters. The van der Waals surface area contributed by atoms with Crippen molar-refractivity contribution >= 4 is 5.97 Å². The molecule has 122 valence electrons. The summed E-state index contributed by atoms with van der Waals surface area (Å²) in [5.41, 5.74) is 1.16. The third-order valence-corrected chi connectivity index (χ3v) is 3.26. The van der Waals surface area contributed by atoms with Crippen LogP contribution >= 0.6 is 0 Å². The molecule has 23 heavy (non-hydrogen) atoms. The number of benzene rings is 2. The highest BCUT2D eigenvalue weighted by atomic mass is 16.5. The number of carboxylic acids is 1. The van der Waals surface area contributed by atoms with Gasteiger partial charge in [-0.1, -0.05) is 30.3 Å². The molecule has 0 amide bonds. The zero-order valence-corrected chi connectivity index (χ0v) is 12.6. The van der Waals surface area contributed by atoms with E-state index in [-0.39, 0.29) is 17.9 Å². The summed E-state index contributed by atoms with van der Waals surface area (Å²) in [5.74, 6) is -0.608. The molecule has 0 spiro atoms. The van der Waals surface area contributed by atoms with E-state index >= 15 is 0 Å². The monoisotopic (exact) mass is 318 g/mol. The summed E-state index contributed by atoms with van der Waals surface area (Å²) in [6.07, 6.45) is -1.11. The number of aliphatic hydroxyl groups is 2. The van der Waals surface area contributed by atoms with Gasteiger partial charge in [0.1, 0.15) is 29.8 Å². The molecule has 3 N–H and O–H groups in total. The van der Waals surface area contributed by atoms with Crippen molar-refractivity contribution in [1.29, 1.82) is 0 Å². The Kier molecular flexibility index (Phi) is 5.56. The number of aromatic carboxylic acids is 1. The second-order valence-electron chi connectivity index (χ2n) is 4.84. The highest BCUT2D eigenvalue weighted by Crippen LogP contribution is 2.41. The summed E-state index contributed by atoms with van der Waals surface area (Å²) in [4.78, 5) is 11.5. The van der Waals surface area contributed by atoms with Crippen molar-refractivity contribution in [3.63, 3.8) is 0 Å². The van der Waals surface area contributed by atoms with Crippen molar-refractivity contribution in [2.24, 2.45) is 0 Å². The fourth-order valence-electron chi connectivity index (χ4n) is 2.16. The second-order valence-corrected chi connectivity index (χ2v) is 4.84. The SMILES string of the molecule is COc1ccc(C(=O)O)c(OCC(O)CO)c1-c1ccccc1. The standard InChI is InChI=1S/C17H18O6/c1-22-14-8-7-13(17(20)21)16(23-10-12(19)9-18)15(14)11-5-3-2-4-6-11/h2-8,12,18-19H,9-10H2,1H3,(H,20,21). The summed E-state index contributed by atoms with van der Waals surface area (Å²) in [6, 6.07) is 12.0. The molecule has 0 saturated carbocycles. The van der Waals surface area contributed by atoms with E-state index in [1.807, 2.05) is 18.2 Å². The Bertz CT molecular complexity index is 668. The van der Waals surface area contributed by atoms with Crippen LogP contribution in [0.3, 0.4) is 0 Å². The van der Waals surface area contributed by atoms with Crippen LogP contribution in [-0.2, 0) is 0 Å². The van der Waals surface area contributed by atoms with Crippen LogP contribution in [0.1, 0.15) is 10.4 Å². The van der Waals surface area contributed by atoms with E-state index in [0.29, 0.717) is 11.3 Å². The quantitative estimate of drug-likeness (QED) is 0.720. The van der Waals surface area contributed by atoms with Gasteiger partial charge < -0.3 is 24.8 Å². The Morgan fingerprint density at radius 2 is 1.87 bits per heavy atom. The minimum Gasteiger partial charge on any atom is -0.496 e. The van der Waals surface area contributed by atoms with Crippen molar-refractivity contribution in [3.8, 4) is 22.6 Å². The molecule has 2 aromatic rings. The van der Waals surface area contributed by atoms with Crippen molar-refractivity contribution in [1.82, 2.24) is 0 Å². The smallest absolute Gasteiger partial charge is 0.339 e. The zero-order chi connectivity index (χ0) is 16.8. The van der Waals surface area contributed by atoms with Gasteiger partial charge in [0.05, 0.1) is 19.3 Å². The van der Waals surface area contributed by atoms with Gasteiger partial charge >= 0.3 is 5.97 Å². The first-order chi connectivity index (χ1) is 11.1. The molecule has 0 aromatic heterocycles. The Hall–Kier alpha value is -2.57. The molecule has 2 rings (SSSR count). The molecular weight excluding hydrogens is 300 g/mol. The molecule has 0 aliphatic carbocycles. The average Bonchev–Trinajstić information content (AvgIpc) is 2.59. The molecule has 0 aliphatic heterocycles. The molecule has 0 saturated heterocycles. The maximum Gasteiger partial charge on any atom is 0.339 e. The Morgan fingerprint density at radius 1 is 1.17 bits per heavy atom. The zero-order valence-electron chi connectivity index (χ0n) is 12.6. The number of carbonyl (C=O) groups is 1. The lowest BCUT2D eigenvalue weighted by atomic mass is 10.00. The highest BCUT2D eigenvalue weighted by Gasteiger charge is 2.22. The summed E-state index contributed by atoms with van der Waals surface area (Å²) in [6.45, 7) is -0.711. The van der Waals surface area contributed by atoms with Gasteiger partial charge in [0, 0.05) is 0 Å². The third kappa shape index (κ3) is 3.80. The second kappa shape index (κ2) is 7.62. The highest BCUT2D eigenvalue weighted by molar-refractivity contribution is 5.96. The summed E-state index contributed by atoms with van der Waals surface area (Å²) in [7, 11) is 1.48. The molecule has 0 heterocycles. The number of ether oxygens (including phenoxy) is 2. The number of aliphatic hydroxyl groups excluding tert-OH is 2. The minimum atomic E-state index is -1.15. The van der Waals surface area contributed by atoms with Crippen molar-refractivity contribution in [2.45, 2.75) is 6.10 Å². The van der Waals surface area contributed by atoms with Gasteiger partial charge in [-0.3, -0.25) is 0 Å². The molecular formula is C17H18O6. The first-order valence-corrected chi connectivity index (χ1v) is 7.00.